The Hall–Kier alpha value is -2.24. The number of carbonyl (C=O) groups excluding carboxylic acids is 1. The van der Waals surface area contributed by atoms with Crippen LogP contribution in [0.25, 0.3) is 0 Å². The van der Waals surface area contributed by atoms with Crippen LogP contribution in [-0.2, 0) is 16.0 Å². The largest absolute Gasteiger partial charge is 0.497 e. The molecule has 1 unspecified atom stereocenters. The zero-order chi connectivity index (χ0) is 15.8. The van der Waals surface area contributed by atoms with Crippen LogP contribution in [0.1, 0.15) is 25.3 Å². The van der Waals surface area contributed by atoms with Gasteiger partial charge in [0.15, 0.2) is 0 Å². The summed E-state index contributed by atoms with van der Waals surface area (Å²) in [7, 11) is 3.05. The van der Waals surface area contributed by atoms with Gasteiger partial charge in [-0.25, -0.2) is 4.79 Å². The quantitative estimate of drug-likeness (QED) is 0.761. The molecule has 0 aliphatic carbocycles. The van der Waals surface area contributed by atoms with Gasteiger partial charge in [-0.1, -0.05) is 13.3 Å². The van der Waals surface area contributed by atoms with E-state index in [9.17, 15) is 9.59 Å². The summed E-state index contributed by atoms with van der Waals surface area (Å²) in [5, 5.41) is 11.6. The summed E-state index contributed by atoms with van der Waals surface area (Å²) < 4.78 is 10.3. The van der Waals surface area contributed by atoms with Crippen LogP contribution in [0.15, 0.2) is 18.2 Å². The Morgan fingerprint density at radius 2 is 2.00 bits per heavy atom. The fourth-order valence-corrected chi connectivity index (χ4v) is 1.98. The van der Waals surface area contributed by atoms with Crippen molar-refractivity contribution in [2.45, 2.75) is 32.2 Å². The van der Waals surface area contributed by atoms with Gasteiger partial charge in [0.1, 0.15) is 17.5 Å². The third-order valence-electron chi connectivity index (χ3n) is 3.05. The van der Waals surface area contributed by atoms with Crippen LogP contribution in [0.4, 0.5) is 0 Å². The summed E-state index contributed by atoms with van der Waals surface area (Å²) in [6, 6.07) is 4.28. The van der Waals surface area contributed by atoms with Crippen LogP contribution in [-0.4, -0.2) is 37.2 Å². The monoisotopic (exact) mass is 295 g/mol. The van der Waals surface area contributed by atoms with Crippen LogP contribution in [0.3, 0.4) is 0 Å². The van der Waals surface area contributed by atoms with Gasteiger partial charge in [0.25, 0.3) is 0 Å². The molecule has 6 heteroatoms. The Balaban J connectivity index is 2.79. The van der Waals surface area contributed by atoms with Crippen molar-refractivity contribution in [3.63, 3.8) is 0 Å². The number of amides is 1. The number of benzene rings is 1. The van der Waals surface area contributed by atoms with E-state index < -0.39 is 12.0 Å². The van der Waals surface area contributed by atoms with Crippen LogP contribution < -0.4 is 14.8 Å². The smallest absolute Gasteiger partial charge is 0.326 e. The van der Waals surface area contributed by atoms with Gasteiger partial charge in [-0.15, -0.1) is 0 Å². The van der Waals surface area contributed by atoms with Gasteiger partial charge in [0.2, 0.25) is 5.91 Å². The van der Waals surface area contributed by atoms with Crippen molar-refractivity contribution in [1.82, 2.24) is 5.32 Å². The number of hydrogen-bond acceptors (Lipinski definition) is 4. The van der Waals surface area contributed by atoms with Gasteiger partial charge in [0, 0.05) is 5.56 Å². The lowest BCUT2D eigenvalue weighted by Gasteiger charge is -2.15. The third-order valence-corrected chi connectivity index (χ3v) is 3.05. The Bertz CT molecular complexity index is 501. The molecule has 1 atom stereocenters. The number of nitrogens with one attached hydrogen (secondary N) is 1. The number of aliphatic carboxylic acids is 1. The van der Waals surface area contributed by atoms with E-state index >= 15 is 0 Å². The first-order valence-electron chi connectivity index (χ1n) is 6.74. The highest BCUT2D eigenvalue weighted by Gasteiger charge is 2.19. The second-order valence-electron chi connectivity index (χ2n) is 4.60. The summed E-state index contributed by atoms with van der Waals surface area (Å²) in [4.78, 5) is 23.0. The van der Waals surface area contributed by atoms with E-state index in [-0.39, 0.29) is 12.3 Å². The van der Waals surface area contributed by atoms with E-state index in [0.717, 1.165) is 0 Å². The molecular weight excluding hydrogens is 274 g/mol. The molecule has 6 nitrogen and oxygen atoms in total. The number of carboxylic acids is 1. The average molecular weight is 295 g/mol. The molecule has 0 radical (unpaired) electrons. The van der Waals surface area contributed by atoms with Crippen molar-refractivity contribution in [2.75, 3.05) is 14.2 Å². The zero-order valence-electron chi connectivity index (χ0n) is 12.5. The minimum atomic E-state index is -1.03. The SMILES string of the molecule is CCCC(NC(=O)Cc1cc(OC)ccc1OC)C(=O)O. The topological polar surface area (TPSA) is 84.9 Å². The number of carboxylic acid groups (broad SMARTS) is 1. The summed E-state index contributed by atoms with van der Waals surface area (Å²) in [5.74, 6) is -0.208. The molecule has 1 rings (SSSR count). The fraction of sp³-hybridized carbons (Fsp3) is 0.467. The highest BCUT2D eigenvalue weighted by Crippen LogP contribution is 2.24. The molecule has 0 aliphatic rings. The van der Waals surface area contributed by atoms with Crippen molar-refractivity contribution in [3.05, 3.63) is 23.8 Å². The van der Waals surface area contributed by atoms with Crippen molar-refractivity contribution in [1.29, 1.82) is 0 Å². The molecule has 0 spiro atoms. The van der Waals surface area contributed by atoms with E-state index in [0.29, 0.717) is 29.9 Å². The number of rotatable bonds is 8. The first-order chi connectivity index (χ1) is 10.0. The number of ether oxygens (including phenoxy) is 2. The zero-order valence-corrected chi connectivity index (χ0v) is 12.5. The fourth-order valence-electron chi connectivity index (χ4n) is 1.98. The lowest BCUT2D eigenvalue weighted by atomic mass is 10.1. The van der Waals surface area contributed by atoms with Crippen molar-refractivity contribution < 1.29 is 24.2 Å². The summed E-state index contributed by atoms with van der Waals surface area (Å²) in [6.45, 7) is 1.87. The molecule has 1 aromatic carbocycles. The van der Waals surface area contributed by atoms with Gasteiger partial charge in [-0.05, 0) is 24.6 Å². The second kappa shape index (κ2) is 8.14. The molecule has 1 aromatic rings. The maximum absolute atomic E-state index is 12.0. The molecule has 0 heterocycles. The highest BCUT2D eigenvalue weighted by atomic mass is 16.5. The highest BCUT2D eigenvalue weighted by molar-refractivity contribution is 5.85. The summed E-state index contributed by atoms with van der Waals surface area (Å²) in [6.07, 6.45) is 1.11. The summed E-state index contributed by atoms with van der Waals surface area (Å²) >= 11 is 0. The van der Waals surface area contributed by atoms with E-state index in [1.165, 1.54) is 14.2 Å². The molecule has 116 valence electrons. The molecule has 0 fully saturated rings. The van der Waals surface area contributed by atoms with Gasteiger partial charge in [0.05, 0.1) is 20.6 Å². The average Bonchev–Trinajstić information content (AvgIpc) is 2.46. The Morgan fingerprint density at radius 1 is 1.29 bits per heavy atom. The number of carbonyl (C=O) groups is 2. The molecule has 0 saturated carbocycles. The summed E-state index contributed by atoms with van der Waals surface area (Å²) in [5.41, 5.74) is 0.648. The molecule has 0 aliphatic heterocycles. The van der Waals surface area contributed by atoms with Gasteiger partial charge in [-0.3, -0.25) is 4.79 Å². The van der Waals surface area contributed by atoms with E-state index in [1.807, 2.05) is 6.92 Å². The minimum Gasteiger partial charge on any atom is -0.497 e. The minimum absolute atomic E-state index is 0.0356. The molecule has 1 amide bonds. The lowest BCUT2D eigenvalue weighted by molar-refractivity contribution is -0.141. The van der Waals surface area contributed by atoms with Crippen molar-refractivity contribution in [2.24, 2.45) is 0 Å². The molecule has 2 N–H and O–H groups in total. The van der Waals surface area contributed by atoms with E-state index in [4.69, 9.17) is 14.6 Å². The molecule has 21 heavy (non-hydrogen) atoms. The van der Waals surface area contributed by atoms with Gasteiger partial charge < -0.3 is 19.9 Å². The van der Waals surface area contributed by atoms with Crippen LogP contribution >= 0.6 is 0 Å². The molecular formula is C15H21NO5. The second-order valence-corrected chi connectivity index (χ2v) is 4.60. The first-order valence-corrected chi connectivity index (χ1v) is 6.74. The number of methoxy groups -OCH3 is 2. The Labute approximate surface area is 124 Å². The third kappa shape index (κ3) is 4.98. The van der Waals surface area contributed by atoms with Crippen molar-refractivity contribution >= 4 is 11.9 Å². The predicted octanol–water partition coefficient (Wildman–Crippen LogP) is 1.62. The maximum atomic E-state index is 12.0. The first kappa shape index (κ1) is 16.8. The molecule has 0 aromatic heterocycles. The Kier molecular flexibility index (Phi) is 6.52. The van der Waals surface area contributed by atoms with Crippen LogP contribution in [0.5, 0.6) is 11.5 Å². The van der Waals surface area contributed by atoms with Gasteiger partial charge in [-0.2, -0.15) is 0 Å². The Morgan fingerprint density at radius 3 is 2.52 bits per heavy atom. The molecule has 0 bridgehead atoms. The normalized spacial score (nSPS) is 11.6. The van der Waals surface area contributed by atoms with E-state index in [2.05, 4.69) is 5.32 Å². The lowest BCUT2D eigenvalue weighted by Crippen LogP contribution is -2.41. The predicted molar refractivity (Wildman–Crippen MR) is 77.7 cm³/mol. The molecule has 0 saturated heterocycles. The van der Waals surface area contributed by atoms with E-state index in [1.54, 1.807) is 18.2 Å². The maximum Gasteiger partial charge on any atom is 0.326 e. The van der Waals surface area contributed by atoms with Gasteiger partial charge >= 0.3 is 5.97 Å². The van der Waals surface area contributed by atoms with Crippen LogP contribution in [0, 0.1) is 0 Å². The standard InChI is InChI=1S/C15H21NO5/c1-4-5-12(15(18)19)16-14(17)9-10-8-11(20-2)6-7-13(10)21-3/h6-8,12H,4-5,9H2,1-3H3,(H,16,17)(H,18,19). The van der Waals surface area contributed by atoms with Crippen LogP contribution in [0.2, 0.25) is 0 Å². The van der Waals surface area contributed by atoms with Crippen molar-refractivity contribution in [3.8, 4) is 11.5 Å². The number of hydrogen-bond donors (Lipinski definition) is 2.